The zero-order valence-electron chi connectivity index (χ0n) is 8.01. The molecule has 0 aliphatic heterocycles. The molecular weight excluding hydrogens is 186 g/mol. The Labute approximate surface area is 82.2 Å². The molecule has 0 radical (unpaired) electrons. The summed E-state index contributed by atoms with van der Waals surface area (Å²) < 4.78 is 0. The second-order valence-electron chi connectivity index (χ2n) is 3.19. The number of carboxylic acids is 1. The van der Waals surface area contributed by atoms with Crippen molar-refractivity contribution in [2.45, 2.75) is 25.9 Å². The first-order chi connectivity index (χ1) is 6.43. The minimum atomic E-state index is -1.03. The number of allylic oxidation sites excluding steroid dienone is 1. The van der Waals surface area contributed by atoms with E-state index in [1.807, 2.05) is 0 Å². The molecule has 0 aliphatic rings. The molecule has 2 atom stereocenters. The molecule has 1 amide bonds. The van der Waals surface area contributed by atoms with E-state index < -0.39 is 18.0 Å². The van der Waals surface area contributed by atoms with Crippen molar-refractivity contribution in [3.63, 3.8) is 0 Å². The van der Waals surface area contributed by atoms with Gasteiger partial charge < -0.3 is 15.9 Å². The Morgan fingerprint density at radius 1 is 1.50 bits per heavy atom. The van der Waals surface area contributed by atoms with Crippen LogP contribution >= 0.6 is 0 Å². The van der Waals surface area contributed by atoms with Gasteiger partial charge in [0.15, 0.2) is 0 Å². The molecule has 0 rings (SSSR count). The van der Waals surface area contributed by atoms with Crippen molar-refractivity contribution in [2.75, 3.05) is 0 Å². The molecule has 14 heavy (non-hydrogen) atoms. The van der Waals surface area contributed by atoms with Gasteiger partial charge in [0, 0.05) is 6.08 Å². The third-order valence-electron chi connectivity index (χ3n) is 1.84. The molecule has 0 heterocycles. The average Bonchev–Trinajstić information content (AvgIpc) is 2.01. The fourth-order valence-corrected chi connectivity index (χ4v) is 0.948. The monoisotopic (exact) mass is 201 g/mol. The van der Waals surface area contributed by atoms with Gasteiger partial charge in [-0.05, 0) is 12.3 Å². The van der Waals surface area contributed by atoms with E-state index in [-0.39, 0.29) is 12.3 Å². The zero-order valence-corrected chi connectivity index (χ0v) is 8.01. The summed E-state index contributed by atoms with van der Waals surface area (Å²) in [5.74, 6) is -1.77. The number of hydrogen-bond donors (Lipinski definition) is 3. The van der Waals surface area contributed by atoms with Gasteiger partial charge in [-0.1, -0.05) is 13.0 Å². The Hall–Kier alpha value is -1.36. The topological polar surface area (TPSA) is 101 Å². The highest BCUT2D eigenvalue weighted by atomic mass is 16.4. The van der Waals surface area contributed by atoms with Gasteiger partial charge in [0.25, 0.3) is 0 Å². The number of primary amides is 1. The predicted octanol–water partition coefficient (Wildman–Crippen LogP) is -0.110. The molecule has 0 fully saturated rings. The number of nitrogens with two attached hydrogens (primary N) is 1. The average molecular weight is 201 g/mol. The van der Waals surface area contributed by atoms with Crippen molar-refractivity contribution < 1.29 is 19.8 Å². The molecule has 80 valence electrons. The lowest BCUT2D eigenvalue weighted by Gasteiger charge is -2.14. The van der Waals surface area contributed by atoms with Crippen molar-refractivity contribution in [3.8, 4) is 0 Å². The third-order valence-corrected chi connectivity index (χ3v) is 1.84. The first-order valence-electron chi connectivity index (χ1n) is 4.29. The number of hydrogen-bond acceptors (Lipinski definition) is 3. The summed E-state index contributed by atoms with van der Waals surface area (Å²) in [6.45, 7) is 1.72. The van der Waals surface area contributed by atoms with E-state index in [4.69, 9.17) is 10.8 Å². The summed E-state index contributed by atoms with van der Waals surface area (Å²) in [6, 6.07) is 0. The van der Waals surface area contributed by atoms with Gasteiger partial charge in [-0.15, -0.1) is 0 Å². The maximum Gasteiger partial charge on any atom is 0.327 e. The largest absolute Gasteiger partial charge is 0.478 e. The molecule has 5 nitrogen and oxygen atoms in total. The van der Waals surface area contributed by atoms with Crippen LogP contribution in [0.15, 0.2) is 12.2 Å². The normalized spacial score (nSPS) is 15.3. The van der Waals surface area contributed by atoms with Gasteiger partial charge in [-0.25, -0.2) is 4.79 Å². The third kappa shape index (κ3) is 6.19. The molecule has 4 N–H and O–H groups in total. The van der Waals surface area contributed by atoms with Crippen LogP contribution in [0.3, 0.4) is 0 Å². The van der Waals surface area contributed by atoms with Crippen LogP contribution in [0.25, 0.3) is 0 Å². The predicted molar refractivity (Wildman–Crippen MR) is 50.4 cm³/mol. The quantitative estimate of drug-likeness (QED) is 0.522. The first-order valence-corrected chi connectivity index (χ1v) is 4.29. The van der Waals surface area contributed by atoms with Gasteiger partial charge in [-0.2, -0.15) is 0 Å². The Bertz CT molecular complexity index is 237. The molecule has 0 aliphatic carbocycles. The lowest BCUT2D eigenvalue weighted by Crippen LogP contribution is -2.25. The molecule has 0 spiro atoms. The Balaban J connectivity index is 3.89. The number of aliphatic hydroxyl groups is 1. The Morgan fingerprint density at radius 3 is 2.50 bits per heavy atom. The van der Waals surface area contributed by atoms with Gasteiger partial charge in [-0.3, -0.25) is 4.79 Å². The minimum Gasteiger partial charge on any atom is -0.478 e. The highest BCUT2D eigenvalue weighted by Crippen LogP contribution is 2.11. The van der Waals surface area contributed by atoms with Crippen LogP contribution < -0.4 is 5.73 Å². The number of aliphatic hydroxyl groups excluding tert-OH is 1. The van der Waals surface area contributed by atoms with Crippen LogP contribution in [-0.2, 0) is 9.59 Å². The van der Waals surface area contributed by atoms with E-state index in [9.17, 15) is 14.7 Å². The number of amides is 1. The van der Waals surface area contributed by atoms with Gasteiger partial charge in [0.1, 0.15) is 0 Å². The van der Waals surface area contributed by atoms with Crippen LogP contribution in [0.2, 0.25) is 0 Å². The van der Waals surface area contributed by atoms with E-state index >= 15 is 0 Å². The summed E-state index contributed by atoms with van der Waals surface area (Å²) in [7, 11) is 0. The summed E-state index contributed by atoms with van der Waals surface area (Å²) >= 11 is 0. The van der Waals surface area contributed by atoms with Gasteiger partial charge >= 0.3 is 5.97 Å². The Morgan fingerprint density at radius 2 is 2.07 bits per heavy atom. The minimum absolute atomic E-state index is 0.0952. The highest BCUT2D eigenvalue weighted by molar-refractivity contribution is 5.79. The molecule has 0 aromatic rings. The molecule has 0 saturated carbocycles. The van der Waals surface area contributed by atoms with Gasteiger partial charge in [0.05, 0.1) is 12.5 Å². The number of carbonyl (C=O) groups is 2. The number of aliphatic carboxylic acids is 1. The van der Waals surface area contributed by atoms with Crippen LogP contribution in [-0.4, -0.2) is 28.2 Å². The molecule has 0 aromatic heterocycles. The molecule has 0 saturated heterocycles. The van der Waals surface area contributed by atoms with Gasteiger partial charge in [0.2, 0.25) is 5.91 Å². The molecule has 0 aromatic carbocycles. The van der Waals surface area contributed by atoms with Crippen molar-refractivity contribution in [1.82, 2.24) is 0 Å². The summed E-state index contributed by atoms with van der Waals surface area (Å²) in [4.78, 5) is 20.6. The smallest absolute Gasteiger partial charge is 0.327 e. The SMILES string of the molecule is C[C@H](C/C=C/C(=O)O)[C@@H](O)CC(N)=O. The maximum atomic E-state index is 10.4. The fourth-order valence-electron chi connectivity index (χ4n) is 0.948. The highest BCUT2D eigenvalue weighted by Gasteiger charge is 2.15. The van der Waals surface area contributed by atoms with E-state index in [1.165, 1.54) is 6.08 Å². The van der Waals surface area contributed by atoms with E-state index in [2.05, 4.69) is 0 Å². The Kier molecular flexibility index (Phi) is 5.55. The van der Waals surface area contributed by atoms with Crippen molar-refractivity contribution in [1.29, 1.82) is 0 Å². The number of rotatable bonds is 6. The summed E-state index contributed by atoms with van der Waals surface area (Å²) in [6.07, 6.45) is 1.94. The zero-order chi connectivity index (χ0) is 11.1. The number of carbonyl (C=O) groups excluding carboxylic acids is 1. The van der Waals surface area contributed by atoms with E-state index in [0.29, 0.717) is 6.42 Å². The maximum absolute atomic E-state index is 10.4. The van der Waals surface area contributed by atoms with Crippen LogP contribution in [0.4, 0.5) is 0 Å². The van der Waals surface area contributed by atoms with Crippen molar-refractivity contribution >= 4 is 11.9 Å². The summed E-state index contributed by atoms with van der Waals surface area (Å²) in [5, 5.41) is 17.7. The lowest BCUT2D eigenvalue weighted by atomic mass is 9.98. The fraction of sp³-hybridized carbons (Fsp3) is 0.556. The second kappa shape index (κ2) is 6.15. The molecule has 0 bridgehead atoms. The molecular formula is C9H15NO4. The van der Waals surface area contributed by atoms with Crippen molar-refractivity contribution in [2.24, 2.45) is 11.7 Å². The van der Waals surface area contributed by atoms with Crippen molar-refractivity contribution in [3.05, 3.63) is 12.2 Å². The number of carboxylic acid groups (broad SMARTS) is 1. The standard InChI is InChI=1S/C9H15NO4/c1-6(3-2-4-9(13)14)7(11)5-8(10)12/h2,4,6-7,11H,3,5H2,1H3,(H2,10,12)(H,13,14)/b4-2+/t6-,7+/m1/s1. The lowest BCUT2D eigenvalue weighted by molar-refractivity contribution is -0.131. The van der Waals surface area contributed by atoms with E-state index in [1.54, 1.807) is 6.92 Å². The first kappa shape index (κ1) is 12.6. The van der Waals surface area contributed by atoms with Crippen LogP contribution in [0.1, 0.15) is 19.8 Å². The molecule has 5 heteroatoms. The molecule has 0 unspecified atom stereocenters. The second-order valence-corrected chi connectivity index (χ2v) is 3.19. The van der Waals surface area contributed by atoms with Crippen LogP contribution in [0.5, 0.6) is 0 Å². The van der Waals surface area contributed by atoms with Crippen LogP contribution in [0, 0.1) is 5.92 Å². The van der Waals surface area contributed by atoms with E-state index in [0.717, 1.165) is 6.08 Å². The summed E-state index contributed by atoms with van der Waals surface area (Å²) in [5.41, 5.74) is 4.90.